The fourth-order valence-electron chi connectivity index (χ4n) is 2.31. The summed E-state index contributed by atoms with van der Waals surface area (Å²) in [7, 11) is 0. The molecule has 1 aromatic carbocycles. The van der Waals surface area contributed by atoms with Gasteiger partial charge in [-0.05, 0) is 49.0 Å². The standard InChI is InChI=1S/C16H25NO2/c1-15(2,3)13-4-6-14(7-5-13)19-12-16(18)8-10-17-11-9-16/h4-7,17-18H,8-12H2,1-3H3. The zero-order valence-electron chi connectivity index (χ0n) is 12.2. The second-order valence-corrected chi connectivity index (χ2v) is 6.54. The predicted molar refractivity (Wildman–Crippen MR) is 77.7 cm³/mol. The van der Waals surface area contributed by atoms with Crippen molar-refractivity contribution >= 4 is 0 Å². The van der Waals surface area contributed by atoms with Crippen LogP contribution >= 0.6 is 0 Å². The molecule has 1 aliphatic heterocycles. The van der Waals surface area contributed by atoms with Crippen LogP contribution in [0.2, 0.25) is 0 Å². The monoisotopic (exact) mass is 263 g/mol. The van der Waals surface area contributed by atoms with Crippen LogP contribution in [-0.4, -0.2) is 30.4 Å². The molecule has 1 aromatic rings. The highest BCUT2D eigenvalue weighted by atomic mass is 16.5. The smallest absolute Gasteiger partial charge is 0.119 e. The number of hydrogen-bond donors (Lipinski definition) is 2. The Morgan fingerprint density at radius 1 is 1.16 bits per heavy atom. The van der Waals surface area contributed by atoms with Gasteiger partial charge in [-0.3, -0.25) is 0 Å². The molecule has 106 valence electrons. The molecule has 0 aromatic heterocycles. The third-order valence-corrected chi connectivity index (χ3v) is 3.76. The molecule has 3 heteroatoms. The molecule has 0 aliphatic carbocycles. The zero-order chi connectivity index (χ0) is 13.9. The molecule has 0 radical (unpaired) electrons. The lowest BCUT2D eigenvalue weighted by molar-refractivity contribution is -0.0286. The lowest BCUT2D eigenvalue weighted by Gasteiger charge is -2.32. The molecule has 0 spiro atoms. The van der Waals surface area contributed by atoms with Crippen LogP contribution in [-0.2, 0) is 5.41 Å². The van der Waals surface area contributed by atoms with Crippen LogP contribution in [0.15, 0.2) is 24.3 Å². The maximum absolute atomic E-state index is 10.4. The van der Waals surface area contributed by atoms with Crippen molar-refractivity contribution in [1.82, 2.24) is 5.32 Å². The molecular formula is C16H25NO2. The van der Waals surface area contributed by atoms with Crippen molar-refractivity contribution in [2.75, 3.05) is 19.7 Å². The second kappa shape index (κ2) is 5.51. The van der Waals surface area contributed by atoms with E-state index < -0.39 is 5.60 Å². The van der Waals surface area contributed by atoms with Gasteiger partial charge in [0.1, 0.15) is 18.0 Å². The number of piperidine rings is 1. The van der Waals surface area contributed by atoms with Crippen LogP contribution in [0.5, 0.6) is 5.75 Å². The van der Waals surface area contributed by atoms with Gasteiger partial charge in [-0.25, -0.2) is 0 Å². The van der Waals surface area contributed by atoms with Gasteiger partial charge in [-0.1, -0.05) is 32.9 Å². The third-order valence-electron chi connectivity index (χ3n) is 3.76. The highest BCUT2D eigenvalue weighted by molar-refractivity contribution is 5.31. The zero-order valence-corrected chi connectivity index (χ0v) is 12.2. The first kappa shape index (κ1) is 14.4. The summed E-state index contributed by atoms with van der Waals surface area (Å²) in [6.45, 7) is 8.69. The lowest BCUT2D eigenvalue weighted by Crippen LogP contribution is -2.45. The number of benzene rings is 1. The lowest BCUT2D eigenvalue weighted by atomic mass is 9.87. The summed E-state index contributed by atoms with van der Waals surface area (Å²) in [6, 6.07) is 8.18. The van der Waals surface area contributed by atoms with E-state index in [4.69, 9.17) is 4.74 Å². The highest BCUT2D eigenvalue weighted by Gasteiger charge is 2.29. The summed E-state index contributed by atoms with van der Waals surface area (Å²) in [4.78, 5) is 0. The summed E-state index contributed by atoms with van der Waals surface area (Å²) in [5.74, 6) is 0.833. The number of hydrogen-bond acceptors (Lipinski definition) is 3. The van der Waals surface area contributed by atoms with Gasteiger partial charge >= 0.3 is 0 Å². The van der Waals surface area contributed by atoms with Crippen LogP contribution in [0.25, 0.3) is 0 Å². The van der Waals surface area contributed by atoms with Crippen molar-refractivity contribution in [3.63, 3.8) is 0 Å². The van der Waals surface area contributed by atoms with E-state index in [1.54, 1.807) is 0 Å². The van der Waals surface area contributed by atoms with Crippen molar-refractivity contribution in [3.8, 4) is 5.75 Å². The molecule has 3 nitrogen and oxygen atoms in total. The van der Waals surface area contributed by atoms with Crippen LogP contribution < -0.4 is 10.1 Å². The minimum Gasteiger partial charge on any atom is -0.491 e. The molecule has 1 heterocycles. The molecule has 1 fully saturated rings. The topological polar surface area (TPSA) is 41.5 Å². The SMILES string of the molecule is CC(C)(C)c1ccc(OCC2(O)CCNCC2)cc1. The molecule has 2 N–H and O–H groups in total. The van der Waals surface area contributed by atoms with E-state index in [1.807, 2.05) is 12.1 Å². The fourth-order valence-corrected chi connectivity index (χ4v) is 2.31. The average Bonchev–Trinajstić information content (AvgIpc) is 2.37. The molecule has 2 rings (SSSR count). The molecule has 0 bridgehead atoms. The maximum Gasteiger partial charge on any atom is 0.119 e. The first-order valence-corrected chi connectivity index (χ1v) is 7.06. The Balaban J connectivity index is 1.93. The first-order chi connectivity index (χ1) is 8.89. The van der Waals surface area contributed by atoms with Crippen molar-refractivity contribution in [3.05, 3.63) is 29.8 Å². The summed E-state index contributed by atoms with van der Waals surface area (Å²) >= 11 is 0. The summed E-state index contributed by atoms with van der Waals surface area (Å²) in [5.41, 5.74) is 0.778. The van der Waals surface area contributed by atoms with Crippen LogP contribution in [0.4, 0.5) is 0 Å². The van der Waals surface area contributed by atoms with E-state index in [1.165, 1.54) is 5.56 Å². The van der Waals surface area contributed by atoms with Crippen LogP contribution in [0.3, 0.4) is 0 Å². The van der Waals surface area contributed by atoms with E-state index in [0.29, 0.717) is 6.61 Å². The summed E-state index contributed by atoms with van der Waals surface area (Å²) in [6.07, 6.45) is 1.51. The first-order valence-electron chi connectivity index (χ1n) is 7.06. The van der Waals surface area contributed by atoms with Crippen molar-refractivity contribution in [1.29, 1.82) is 0 Å². The number of ether oxygens (including phenoxy) is 1. The van der Waals surface area contributed by atoms with Gasteiger partial charge in [0.2, 0.25) is 0 Å². The quantitative estimate of drug-likeness (QED) is 0.880. The Bertz CT molecular complexity index is 400. The molecule has 1 aliphatic rings. The molecular weight excluding hydrogens is 238 g/mol. The summed E-state index contributed by atoms with van der Waals surface area (Å²) < 4.78 is 5.74. The number of nitrogens with one attached hydrogen (secondary N) is 1. The third kappa shape index (κ3) is 3.95. The summed E-state index contributed by atoms with van der Waals surface area (Å²) in [5, 5.41) is 13.6. The van der Waals surface area contributed by atoms with Crippen molar-refractivity contribution < 1.29 is 9.84 Å². The Morgan fingerprint density at radius 2 is 1.74 bits per heavy atom. The van der Waals surface area contributed by atoms with Gasteiger partial charge in [0.05, 0.1) is 0 Å². The fraction of sp³-hybridized carbons (Fsp3) is 0.625. The van der Waals surface area contributed by atoms with E-state index in [0.717, 1.165) is 31.7 Å². The predicted octanol–water partition coefficient (Wildman–Crippen LogP) is 2.48. The molecule has 1 saturated heterocycles. The minimum absolute atomic E-state index is 0.159. The van der Waals surface area contributed by atoms with E-state index in [9.17, 15) is 5.11 Å². The van der Waals surface area contributed by atoms with Gasteiger partial charge in [0, 0.05) is 0 Å². The molecule has 0 amide bonds. The number of rotatable bonds is 3. The van der Waals surface area contributed by atoms with E-state index in [2.05, 4.69) is 38.2 Å². The largest absolute Gasteiger partial charge is 0.491 e. The van der Waals surface area contributed by atoms with Crippen molar-refractivity contribution in [2.24, 2.45) is 0 Å². The van der Waals surface area contributed by atoms with Crippen molar-refractivity contribution in [2.45, 2.75) is 44.6 Å². The van der Waals surface area contributed by atoms with E-state index in [-0.39, 0.29) is 5.41 Å². The second-order valence-electron chi connectivity index (χ2n) is 6.54. The Kier molecular flexibility index (Phi) is 4.16. The van der Waals surface area contributed by atoms with Gasteiger partial charge in [-0.15, -0.1) is 0 Å². The minimum atomic E-state index is -0.673. The van der Waals surface area contributed by atoms with Gasteiger partial charge in [0.25, 0.3) is 0 Å². The molecule has 0 saturated carbocycles. The Hall–Kier alpha value is -1.06. The molecule has 0 unspecified atom stereocenters. The Labute approximate surface area is 116 Å². The van der Waals surface area contributed by atoms with Gasteiger partial charge < -0.3 is 15.2 Å². The maximum atomic E-state index is 10.4. The van der Waals surface area contributed by atoms with Crippen LogP contribution in [0.1, 0.15) is 39.2 Å². The van der Waals surface area contributed by atoms with E-state index >= 15 is 0 Å². The average molecular weight is 263 g/mol. The normalized spacial score (nSPS) is 19.2. The molecule has 0 atom stereocenters. The number of aliphatic hydroxyl groups is 1. The van der Waals surface area contributed by atoms with Crippen LogP contribution in [0, 0.1) is 0 Å². The Morgan fingerprint density at radius 3 is 2.26 bits per heavy atom. The molecule has 19 heavy (non-hydrogen) atoms. The highest BCUT2D eigenvalue weighted by Crippen LogP contribution is 2.25. The van der Waals surface area contributed by atoms with Gasteiger partial charge in [0.15, 0.2) is 0 Å². The van der Waals surface area contributed by atoms with Gasteiger partial charge in [-0.2, -0.15) is 0 Å².